The summed E-state index contributed by atoms with van der Waals surface area (Å²) in [7, 11) is 1.36. The Labute approximate surface area is 101 Å². The Morgan fingerprint density at radius 3 is 2.35 bits per heavy atom. The van der Waals surface area contributed by atoms with Crippen molar-refractivity contribution in [3.8, 4) is 5.75 Å². The van der Waals surface area contributed by atoms with Gasteiger partial charge in [0.2, 0.25) is 0 Å². The van der Waals surface area contributed by atoms with E-state index in [2.05, 4.69) is 0 Å². The zero-order valence-electron chi connectivity index (χ0n) is 10.3. The van der Waals surface area contributed by atoms with Crippen LogP contribution in [-0.2, 0) is 9.53 Å². The van der Waals surface area contributed by atoms with Crippen molar-refractivity contribution in [1.29, 1.82) is 0 Å². The molecule has 1 unspecified atom stereocenters. The van der Waals surface area contributed by atoms with Crippen molar-refractivity contribution < 1.29 is 18.7 Å². The SMILES string of the molecule is COC(=O)C(COc1ccc(F)cc1)C(C)C. The fraction of sp³-hybridized carbons (Fsp3) is 0.462. The maximum absolute atomic E-state index is 12.7. The van der Waals surface area contributed by atoms with Crippen LogP contribution in [0.5, 0.6) is 5.75 Å². The highest BCUT2D eigenvalue weighted by molar-refractivity contribution is 5.72. The second-order valence-corrected chi connectivity index (χ2v) is 4.14. The molecule has 0 saturated heterocycles. The summed E-state index contributed by atoms with van der Waals surface area (Å²) in [5.41, 5.74) is 0. The van der Waals surface area contributed by atoms with Gasteiger partial charge in [-0.15, -0.1) is 0 Å². The second kappa shape index (κ2) is 6.23. The minimum atomic E-state index is -0.315. The molecular formula is C13H17FO3. The molecule has 1 aromatic carbocycles. The molecule has 0 heterocycles. The van der Waals surface area contributed by atoms with Crippen molar-refractivity contribution in [3.63, 3.8) is 0 Å². The molecule has 0 aliphatic carbocycles. The van der Waals surface area contributed by atoms with Crippen LogP contribution in [0.4, 0.5) is 4.39 Å². The molecule has 0 aliphatic heterocycles. The molecule has 17 heavy (non-hydrogen) atoms. The fourth-order valence-corrected chi connectivity index (χ4v) is 1.40. The van der Waals surface area contributed by atoms with Crippen LogP contribution < -0.4 is 4.74 Å². The van der Waals surface area contributed by atoms with E-state index in [1.165, 1.54) is 31.4 Å². The second-order valence-electron chi connectivity index (χ2n) is 4.14. The van der Waals surface area contributed by atoms with Crippen LogP contribution >= 0.6 is 0 Å². The van der Waals surface area contributed by atoms with E-state index in [1.54, 1.807) is 0 Å². The standard InChI is InChI=1S/C13H17FO3/c1-9(2)12(13(15)16-3)8-17-11-6-4-10(14)5-7-11/h4-7,9,12H,8H2,1-3H3. The van der Waals surface area contributed by atoms with Gasteiger partial charge in [0.15, 0.2) is 0 Å². The lowest BCUT2D eigenvalue weighted by Gasteiger charge is -2.18. The van der Waals surface area contributed by atoms with Gasteiger partial charge in [-0.25, -0.2) is 4.39 Å². The highest BCUT2D eigenvalue weighted by Crippen LogP contribution is 2.17. The largest absolute Gasteiger partial charge is 0.493 e. The number of ether oxygens (including phenoxy) is 2. The summed E-state index contributed by atoms with van der Waals surface area (Å²) in [4.78, 5) is 11.5. The number of esters is 1. The van der Waals surface area contributed by atoms with Gasteiger partial charge in [-0.3, -0.25) is 4.79 Å². The lowest BCUT2D eigenvalue weighted by molar-refractivity contribution is -0.148. The molecule has 0 amide bonds. The number of hydrogen-bond acceptors (Lipinski definition) is 3. The van der Waals surface area contributed by atoms with Gasteiger partial charge in [0, 0.05) is 0 Å². The molecule has 0 spiro atoms. The Balaban J connectivity index is 2.58. The minimum absolute atomic E-state index is 0.128. The molecule has 4 heteroatoms. The van der Waals surface area contributed by atoms with Gasteiger partial charge < -0.3 is 9.47 Å². The van der Waals surface area contributed by atoms with Crippen molar-refractivity contribution >= 4 is 5.97 Å². The van der Waals surface area contributed by atoms with E-state index < -0.39 is 0 Å². The summed E-state index contributed by atoms with van der Waals surface area (Å²) < 4.78 is 22.8. The van der Waals surface area contributed by atoms with E-state index in [1.807, 2.05) is 13.8 Å². The van der Waals surface area contributed by atoms with Crippen LogP contribution in [0.1, 0.15) is 13.8 Å². The normalized spacial score (nSPS) is 12.3. The van der Waals surface area contributed by atoms with E-state index in [-0.39, 0.29) is 30.2 Å². The average Bonchev–Trinajstić information content (AvgIpc) is 2.31. The number of benzene rings is 1. The number of hydrogen-bond donors (Lipinski definition) is 0. The van der Waals surface area contributed by atoms with E-state index in [9.17, 15) is 9.18 Å². The Hall–Kier alpha value is -1.58. The summed E-state index contributed by atoms with van der Waals surface area (Å²) in [6.07, 6.45) is 0. The molecule has 0 radical (unpaired) electrons. The summed E-state index contributed by atoms with van der Waals surface area (Å²) in [6, 6.07) is 5.70. The molecule has 0 saturated carbocycles. The topological polar surface area (TPSA) is 35.5 Å². The van der Waals surface area contributed by atoms with E-state index in [0.29, 0.717) is 5.75 Å². The van der Waals surface area contributed by atoms with Gasteiger partial charge in [0.1, 0.15) is 18.2 Å². The monoisotopic (exact) mass is 240 g/mol. The number of halogens is 1. The van der Waals surface area contributed by atoms with Crippen LogP contribution in [0.3, 0.4) is 0 Å². The number of rotatable bonds is 5. The molecule has 1 aromatic rings. The quantitative estimate of drug-likeness (QED) is 0.742. The van der Waals surface area contributed by atoms with Gasteiger partial charge in [-0.05, 0) is 30.2 Å². The summed E-state index contributed by atoms with van der Waals surface area (Å²) in [5.74, 6) is -0.248. The average molecular weight is 240 g/mol. The third kappa shape index (κ3) is 4.06. The molecule has 1 rings (SSSR count). The minimum Gasteiger partial charge on any atom is -0.493 e. The predicted molar refractivity (Wildman–Crippen MR) is 62.2 cm³/mol. The van der Waals surface area contributed by atoms with Gasteiger partial charge in [-0.1, -0.05) is 13.8 Å². The Morgan fingerprint density at radius 1 is 1.29 bits per heavy atom. The maximum Gasteiger partial charge on any atom is 0.312 e. The summed E-state index contributed by atoms with van der Waals surface area (Å²) in [5, 5.41) is 0. The van der Waals surface area contributed by atoms with Gasteiger partial charge in [-0.2, -0.15) is 0 Å². The van der Waals surface area contributed by atoms with Crippen molar-refractivity contribution in [2.45, 2.75) is 13.8 Å². The summed E-state index contributed by atoms with van der Waals surface area (Å²) >= 11 is 0. The molecule has 0 aliphatic rings. The first-order valence-corrected chi connectivity index (χ1v) is 5.50. The third-order valence-electron chi connectivity index (χ3n) is 2.55. The first-order valence-electron chi connectivity index (χ1n) is 5.50. The van der Waals surface area contributed by atoms with Crippen LogP contribution in [0, 0.1) is 17.7 Å². The van der Waals surface area contributed by atoms with Crippen molar-refractivity contribution in [3.05, 3.63) is 30.1 Å². The van der Waals surface area contributed by atoms with Crippen molar-refractivity contribution in [1.82, 2.24) is 0 Å². The van der Waals surface area contributed by atoms with Crippen LogP contribution in [0.15, 0.2) is 24.3 Å². The molecular weight excluding hydrogens is 223 g/mol. The van der Waals surface area contributed by atoms with Crippen LogP contribution in [-0.4, -0.2) is 19.7 Å². The Bertz CT molecular complexity index is 359. The summed E-state index contributed by atoms with van der Waals surface area (Å²) in [6.45, 7) is 4.08. The molecule has 0 aromatic heterocycles. The zero-order chi connectivity index (χ0) is 12.8. The lowest BCUT2D eigenvalue weighted by atomic mass is 9.97. The number of carbonyl (C=O) groups excluding carboxylic acids is 1. The number of methoxy groups -OCH3 is 1. The number of carbonyl (C=O) groups is 1. The fourth-order valence-electron chi connectivity index (χ4n) is 1.40. The van der Waals surface area contributed by atoms with Gasteiger partial charge in [0.05, 0.1) is 13.0 Å². The predicted octanol–water partition coefficient (Wildman–Crippen LogP) is 2.65. The van der Waals surface area contributed by atoms with E-state index in [0.717, 1.165) is 0 Å². The van der Waals surface area contributed by atoms with E-state index >= 15 is 0 Å². The first-order chi connectivity index (χ1) is 8.04. The first kappa shape index (κ1) is 13.5. The van der Waals surface area contributed by atoms with Crippen molar-refractivity contribution in [2.24, 2.45) is 11.8 Å². The Morgan fingerprint density at radius 2 is 1.88 bits per heavy atom. The lowest BCUT2D eigenvalue weighted by Crippen LogP contribution is -2.27. The molecule has 0 bridgehead atoms. The third-order valence-corrected chi connectivity index (χ3v) is 2.55. The van der Waals surface area contributed by atoms with E-state index in [4.69, 9.17) is 9.47 Å². The van der Waals surface area contributed by atoms with Gasteiger partial charge >= 0.3 is 5.97 Å². The molecule has 3 nitrogen and oxygen atoms in total. The highest BCUT2D eigenvalue weighted by atomic mass is 19.1. The molecule has 94 valence electrons. The highest BCUT2D eigenvalue weighted by Gasteiger charge is 2.23. The van der Waals surface area contributed by atoms with Crippen LogP contribution in [0.25, 0.3) is 0 Å². The zero-order valence-corrected chi connectivity index (χ0v) is 10.3. The smallest absolute Gasteiger partial charge is 0.312 e. The molecule has 1 atom stereocenters. The molecule has 0 fully saturated rings. The Kier molecular flexibility index (Phi) is 4.94. The molecule has 0 N–H and O–H groups in total. The van der Waals surface area contributed by atoms with Crippen LogP contribution in [0.2, 0.25) is 0 Å². The maximum atomic E-state index is 12.7. The van der Waals surface area contributed by atoms with Crippen molar-refractivity contribution in [2.75, 3.05) is 13.7 Å². The van der Waals surface area contributed by atoms with Gasteiger partial charge in [0.25, 0.3) is 0 Å².